The van der Waals surface area contributed by atoms with Crippen molar-refractivity contribution in [3.8, 4) is 0 Å². The van der Waals surface area contributed by atoms with E-state index in [2.05, 4.69) is 10.6 Å². The van der Waals surface area contributed by atoms with Crippen LogP contribution in [0.1, 0.15) is 69.8 Å². The number of hydrogen-bond donors (Lipinski definition) is 3. The molecule has 2 fully saturated rings. The third-order valence-corrected chi connectivity index (χ3v) is 7.97. The largest absolute Gasteiger partial charge is 0.385 e. The molecule has 1 saturated carbocycles. The van der Waals surface area contributed by atoms with Gasteiger partial charge in [-0.1, -0.05) is 49.4 Å². The van der Waals surface area contributed by atoms with E-state index >= 15 is 0 Å². The first kappa shape index (κ1) is 27.3. The Bertz CT molecular complexity index is 758. The molecule has 2 amide bonds. The predicted molar refractivity (Wildman–Crippen MR) is 138 cm³/mol. The van der Waals surface area contributed by atoms with Gasteiger partial charge in [-0.3, -0.25) is 0 Å². The van der Waals surface area contributed by atoms with E-state index < -0.39 is 5.60 Å². The number of likely N-dealkylation sites (tertiary alicyclic amines) is 1. The normalized spacial score (nSPS) is 21.9. The highest BCUT2D eigenvalue weighted by atomic mass is 35.5. The summed E-state index contributed by atoms with van der Waals surface area (Å²) in [5.74, 6) is 0.679. The molecule has 2 aliphatic rings. The lowest BCUT2D eigenvalue weighted by atomic mass is 9.74. The molecule has 0 radical (unpaired) electrons. The molecule has 1 aliphatic carbocycles. The third kappa shape index (κ3) is 7.58. The zero-order chi connectivity index (χ0) is 24.4. The van der Waals surface area contributed by atoms with Crippen LogP contribution in [0.5, 0.6) is 0 Å². The number of likely N-dealkylation sites (N-methyl/N-ethyl adjacent to an activating group) is 1. The van der Waals surface area contributed by atoms with Crippen molar-refractivity contribution in [3.63, 3.8) is 0 Å². The average Bonchev–Trinajstić information content (AvgIpc) is 3.35. The van der Waals surface area contributed by atoms with Gasteiger partial charge in [0, 0.05) is 50.3 Å². The van der Waals surface area contributed by atoms with Crippen LogP contribution in [0.3, 0.4) is 0 Å². The lowest BCUT2D eigenvalue weighted by Crippen LogP contribution is -2.54. The van der Waals surface area contributed by atoms with Gasteiger partial charge >= 0.3 is 6.03 Å². The molecular weight excluding hydrogens is 450 g/mol. The maximum atomic E-state index is 13.3. The number of nitrogens with one attached hydrogen (secondary N) is 2. The van der Waals surface area contributed by atoms with E-state index in [4.69, 9.17) is 16.3 Å². The molecule has 0 bridgehead atoms. The second-order valence-corrected chi connectivity index (χ2v) is 10.7. The minimum absolute atomic E-state index is 0.00391. The van der Waals surface area contributed by atoms with E-state index in [1.165, 1.54) is 25.7 Å². The molecule has 7 heteroatoms. The average molecular weight is 494 g/mol. The Hall–Kier alpha value is -1.34. The number of piperidine rings is 1. The highest BCUT2D eigenvalue weighted by Crippen LogP contribution is 2.40. The van der Waals surface area contributed by atoms with Crippen LogP contribution >= 0.6 is 11.6 Å². The van der Waals surface area contributed by atoms with Gasteiger partial charge in [-0.2, -0.15) is 0 Å². The minimum atomic E-state index is -1.02. The van der Waals surface area contributed by atoms with Gasteiger partial charge in [0.05, 0.1) is 5.60 Å². The molecule has 3 N–H and O–H groups in total. The molecule has 6 nitrogen and oxygen atoms in total. The van der Waals surface area contributed by atoms with E-state index in [1.807, 2.05) is 36.2 Å². The summed E-state index contributed by atoms with van der Waals surface area (Å²) in [5, 5.41) is 19.2. The monoisotopic (exact) mass is 493 g/mol. The number of methoxy groups -OCH3 is 1. The molecule has 1 heterocycles. The molecule has 1 saturated heterocycles. The Morgan fingerprint density at radius 2 is 2.06 bits per heavy atom. The van der Waals surface area contributed by atoms with Crippen LogP contribution in [0, 0.1) is 11.8 Å². The number of halogens is 1. The summed E-state index contributed by atoms with van der Waals surface area (Å²) in [6.45, 7) is 2.74. The lowest BCUT2D eigenvalue weighted by molar-refractivity contribution is -0.0563. The fraction of sp³-hybridized carbons (Fsp3) is 0.741. The summed E-state index contributed by atoms with van der Waals surface area (Å²) in [5.41, 5.74) is -0.176. The first-order valence-corrected chi connectivity index (χ1v) is 13.5. The van der Waals surface area contributed by atoms with Crippen LogP contribution < -0.4 is 10.6 Å². The molecule has 3 atom stereocenters. The Balaban J connectivity index is 1.68. The molecule has 3 rings (SSSR count). The fourth-order valence-corrected chi connectivity index (χ4v) is 6.08. The lowest BCUT2D eigenvalue weighted by Gasteiger charge is -2.43. The predicted octanol–water partition coefficient (Wildman–Crippen LogP) is 4.93. The van der Waals surface area contributed by atoms with Crippen molar-refractivity contribution in [1.29, 1.82) is 0 Å². The van der Waals surface area contributed by atoms with Crippen molar-refractivity contribution >= 4 is 17.6 Å². The quantitative estimate of drug-likeness (QED) is 0.361. The van der Waals surface area contributed by atoms with Crippen molar-refractivity contribution in [2.75, 3.05) is 40.4 Å². The number of ether oxygens (including phenoxy) is 1. The van der Waals surface area contributed by atoms with Crippen molar-refractivity contribution in [3.05, 3.63) is 34.9 Å². The number of unbranched alkanes of at least 4 members (excludes halogenated alkanes) is 1. The SMILES string of the molecule is CNCC(CC1CCCC1)NC(=O)N1CCCC(C(O)(CCCCOC)c2cccc(Cl)c2)C1. The highest BCUT2D eigenvalue weighted by molar-refractivity contribution is 6.30. The van der Waals surface area contributed by atoms with Gasteiger partial charge in [0.2, 0.25) is 0 Å². The molecule has 34 heavy (non-hydrogen) atoms. The second-order valence-electron chi connectivity index (χ2n) is 10.3. The molecule has 1 aliphatic heterocycles. The van der Waals surface area contributed by atoms with Gasteiger partial charge in [-0.05, 0) is 69.2 Å². The van der Waals surface area contributed by atoms with Crippen molar-refractivity contribution in [2.45, 2.75) is 75.9 Å². The molecular formula is C27H44ClN3O3. The van der Waals surface area contributed by atoms with Gasteiger partial charge in [-0.25, -0.2) is 4.79 Å². The Kier molecular flexibility index (Phi) is 11.0. The molecule has 3 unspecified atom stereocenters. The van der Waals surface area contributed by atoms with Gasteiger partial charge in [0.25, 0.3) is 0 Å². The molecule has 0 spiro atoms. The summed E-state index contributed by atoms with van der Waals surface area (Å²) in [6, 6.07) is 7.71. The van der Waals surface area contributed by atoms with Crippen LogP contribution in [-0.2, 0) is 10.3 Å². The highest BCUT2D eigenvalue weighted by Gasteiger charge is 2.41. The van der Waals surface area contributed by atoms with Crippen molar-refractivity contribution < 1.29 is 14.6 Å². The Morgan fingerprint density at radius 3 is 2.76 bits per heavy atom. The van der Waals surface area contributed by atoms with Crippen LogP contribution in [0.2, 0.25) is 5.02 Å². The summed E-state index contributed by atoms with van der Waals surface area (Å²) < 4.78 is 5.21. The van der Waals surface area contributed by atoms with Gasteiger partial charge in [-0.15, -0.1) is 0 Å². The number of nitrogens with zero attached hydrogens (tertiary/aromatic N) is 1. The van der Waals surface area contributed by atoms with E-state index in [0.717, 1.165) is 50.8 Å². The molecule has 192 valence electrons. The number of rotatable bonds is 12. The zero-order valence-corrected chi connectivity index (χ0v) is 21.8. The number of hydrogen-bond acceptors (Lipinski definition) is 4. The van der Waals surface area contributed by atoms with Gasteiger partial charge in [0.15, 0.2) is 0 Å². The van der Waals surface area contributed by atoms with Gasteiger partial charge in [0.1, 0.15) is 0 Å². The fourth-order valence-electron chi connectivity index (χ4n) is 5.89. The molecule has 0 aromatic heterocycles. The number of amides is 2. The maximum absolute atomic E-state index is 13.3. The Labute approximate surface area is 210 Å². The molecule has 1 aromatic carbocycles. The number of aliphatic hydroxyl groups is 1. The topological polar surface area (TPSA) is 73.8 Å². The second kappa shape index (κ2) is 13.7. The van der Waals surface area contributed by atoms with Crippen LogP contribution in [0.4, 0.5) is 4.79 Å². The van der Waals surface area contributed by atoms with E-state index in [9.17, 15) is 9.90 Å². The van der Waals surface area contributed by atoms with Crippen LogP contribution in [0.25, 0.3) is 0 Å². The third-order valence-electron chi connectivity index (χ3n) is 7.74. The van der Waals surface area contributed by atoms with E-state index in [-0.39, 0.29) is 18.0 Å². The van der Waals surface area contributed by atoms with E-state index in [1.54, 1.807) is 7.11 Å². The summed E-state index contributed by atoms with van der Waals surface area (Å²) >= 11 is 6.30. The number of carbonyl (C=O) groups is 1. The summed E-state index contributed by atoms with van der Waals surface area (Å²) in [4.78, 5) is 15.2. The first-order chi connectivity index (χ1) is 16.5. The van der Waals surface area contributed by atoms with Crippen LogP contribution in [-0.4, -0.2) is 62.5 Å². The standard InChI is InChI=1S/C27H44ClN3O3/c1-29-19-25(17-21-9-3-4-10-21)30-26(32)31-15-8-12-23(20-31)27(33,14-5-6-16-34-2)22-11-7-13-24(28)18-22/h7,11,13,18,21,23,25,29,33H,3-6,8-10,12,14-17,19-20H2,1-2H3,(H,30,32). The molecule has 1 aromatic rings. The van der Waals surface area contributed by atoms with Crippen LogP contribution in [0.15, 0.2) is 24.3 Å². The maximum Gasteiger partial charge on any atom is 0.317 e. The van der Waals surface area contributed by atoms with Gasteiger partial charge < -0.3 is 25.4 Å². The summed E-state index contributed by atoms with van der Waals surface area (Å²) in [7, 11) is 3.65. The first-order valence-electron chi connectivity index (χ1n) is 13.1. The number of benzene rings is 1. The van der Waals surface area contributed by atoms with Crippen molar-refractivity contribution in [1.82, 2.24) is 15.5 Å². The number of carbonyl (C=O) groups excluding carboxylic acids is 1. The minimum Gasteiger partial charge on any atom is -0.385 e. The van der Waals surface area contributed by atoms with Crippen molar-refractivity contribution in [2.24, 2.45) is 11.8 Å². The van der Waals surface area contributed by atoms with E-state index in [0.29, 0.717) is 30.5 Å². The summed E-state index contributed by atoms with van der Waals surface area (Å²) in [6.07, 6.45) is 10.4. The number of urea groups is 1. The zero-order valence-electron chi connectivity index (χ0n) is 21.0. The smallest absolute Gasteiger partial charge is 0.317 e. The Morgan fingerprint density at radius 1 is 1.26 bits per heavy atom.